The number of nitrogens with one attached hydrogen (secondary N) is 1. The maximum atomic E-state index is 12.2. The van der Waals surface area contributed by atoms with Crippen LogP contribution in [0.1, 0.15) is 17.9 Å². The molecule has 0 saturated heterocycles. The summed E-state index contributed by atoms with van der Waals surface area (Å²) in [6, 6.07) is 13.7. The number of hydrogen-bond donors (Lipinski definition) is 1. The predicted octanol–water partition coefficient (Wildman–Crippen LogP) is 2.87. The Bertz CT molecular complexity index is 1090. The lowest BCUT2D eigenvalue weighted by Gasteiger charge is -2.11. The van der Waals surface area contributed by atoms with Crippen LogP contribution in [0.15, 0.2) is 57.8 Å². The number of nitrogens with zero attached hydrogens (tertiary/aromatic N) is 3. The van der Waals surface area contributed by atoms with Crippen molar-refractivity contribution in [1.82, 2.24) is 14.5 Å². The van der Waals surface area contributed by atoms with E-state index in [2.05, 4.69) is 15.5 Å². The lowest BCUT2D eigenvalue weighted by Crippen LogP contribution is -2.22. The quantitative estimate of drug-likeness (QED) is 0.637. The molecule has 0 spiro atoms. The maximum absolute atomic E-state index is 12.2. The van der Waals surface area contributed by atoms with Gasteiger partial charge in [0.05, 0.1) is 4.90 Å². The minimum atomic E-state index is -3.50. The van der Waals surface area contributed by atoms with E-state index in [0.29, 0.717) is 23.9 Å². The topological polar surface area (TPSA) is 105 Å². The Balaban J connectivity index is 1.56. The molecule has 1 aromatic heterocycles. The van der Waals surface area contributed by atoms with Crippen molar-refractivity contribution in [3.8, 4) is 11.5 Å². The van der Waals surface area contributed by atoms with E-state index in [1.807, 2.05) is 31.2 Å². The van der Waals surface area contributed by atoms with Crippen LogP contribution in [0.2, 0.25) is 0 Å². The van der Waals surface area contributed by atoms with Gasteiger partial charge in [-0.25, -0.2) is 12.7 Å². The second kappa shape index (κ2) is 8.54. The number of sulfonamides is 1. The van der Waals surface area contributed by atoms with E-state index in [9.17, 15) is 13.2 Å². The summed E-state index contributed by atoms with van der Waals surface area (Å²) < 4.78 is 30.9. The summed E-state index contributed by atoms with van der Waals surface area (Å²) in [7, 11) is -0.568. The van der Waals surface area contributed by atoms with Crippen LogP contribution in [-0.2, 0) is 21.2 Å². The Kier molecular flexibility index (Phi) is 6.09. The Morgan fingerprint density at radius 1 is 1.03 bits per heavy atom. The monoisotopic (exact) mass is 414 g/mol. The van der Waals surface area contributed by atoms with Crippen molar-refractivity contribution in [2.45, 2.75) is 24.7 Å². The van der Waals surface area contributed by atoms with Gasteiger partial charge in [-0.1, -0.05) is 17.7 Å². The van der Waals surface area contributed by atoms with Gasteiger partial charge in [0.1, 0.15) is 0 Å². The van der Waals surface area contributed by atoms with Crippen molar-refractivity contribution in [2.24, 2.45) is 0 Å². The third-order valence-electron chi connectivity index (χ3n) is 4.25. The normalized spacial score (nSPS) is 11.6. The molecule has 3 aromatic rings. The Morgan fingerprint density at radius 3 is 2.31 bits per heavy atom. The largest absolute Gasteiger partial charge is 0.421 e. The molecule has 152 valence electrons. The van der Waals surface area contributed by atoms with Gasteiger partial charge in [0.2, 0.25) is 27.7 Å². The molecule has 0 fully saturated rings. The van der Waals surface area contributed by atoms with Crippen LogP contribution < -0.4 is 5.32 Å². The van der Waals surface area contributed by atoms with Crippen LogP contribution in [0.5, 0.6) is 0 Å². The zero-order valence-corrected chi connectivity index (χ0v) is 17.2. The molecule has 0 aliphatic carbocycles. The molecule has 1 heterocycles. The molecule has 1 amide bonds. The van der Waals surface area contributed by atoms with Gasteiger partial charge in [-0.3, -0.25) is 4.79 Å². The molecule has 0 saturated carbocycles. The Hall–Kier alpha value is -3.04. The van der Waals surface area contributed by atoms with Crippen molar-refractivity contribution in [3.63, 3.8) is 0 Å². The first kappa shape index (κ1) is 20.7. The minimum Gasteiger partial charge on any atom is -0.421 e. The second-order valence-corrected chi connectivity index (χ2v) is 8.88. The standard InChI is InChI=1S/C20H22N4O4S/c1-14-4-6-15(7-5-14)20-23-22-19(28-20)13-12-18(25)21-16-8-10-17(11-9-16)29(26,27)24(2)3/h4-11H,12-13H2,1-3H3,(H,21,25). The highest BCUT2D eigenvalue weighted by molar-refractivity contribution is 7.89. The smallest absolute Gasteiger partial charge is 0.247 e. The summed E-state index contributed by atoms with van der Waals surface area (Å²) in [5, 5.41) is 10.7. The first-order valence-corrected chi connectivity index (χ1v) is 10.4. The van der Waals surface area contributed by atoms with E-state index < -0.39 is 10.0 Å². The van der Waals surface area contributed by atoms with Crippen LogP contribution in [-0.4, -0.2) is 42.9 Å². The van der Waals surface area contributed by atoms with E-state index in [1.165, 1.54) is 26.2 Å². The summed E-state index contributed by atoms with van der Waals surface area (Å²) in [6.45, 7) is 2.00. The van der Waals surface area contributed by atoms with Crippen molar-refractivity contribution in [2.75, 3.05) is 19.4 Å². The van der Waals surface area contributed by atoms with Gasteiger partial charge in [-0.2, -0.15) is 0 Å². The molecule has 1 N–H and O–H groups in total. The third-order valence-corrected chi connectivity index (χ3v) is 6.08. The highest BCUT2D eigenvalue weighted by Gasteiger charge is 2.17. The van der Waals surface area contributed by atoms with Gasteiger partial charge >= 0.3 is 0 Å². The van der Waals surface area contributed by atoms with Gasteiger partial charge in [0.15, 0.2) is 0 Å². The molecule has 29 heavy (non-hydrogen) atoms. The fraction of sp³-hybridized carbons (Fsp3) is 0.250. The molecule has 0 aliphatic heterocycles. The van der Waals surface area contributed by atoms with E-state index in [4.69, 9.17) is 4.42 Å². The van der Waals surface area contributed by atoms with Crippen molar-refractivity contribution in [3.05, 3.63) is 60.0 Å². The number of anilines is 1. The summed E-state index contributed by atoms with van der Waals surface area (Å²) in [5.74, 6) is 0.560. The molecule has 2 aromatic carbocycles. The SMILES string of the molecule is Cc1ccc(-c2nnc(CCC(=O)Nc3ccc(S(=O)(=O)N(C)C)cc3)o2)cc1. The summed E-state index contributed by atoms with van der Waals surface area (Å²) in [5.41, 5.74) is 2.47. The first-order valence-electron chi connectivity index (χ1n) is 8.97. The Morgan fingerprint density at radius 2 is 1.69 bits per heavy atom. The molecule has 0 atom stereocenters. The maximum Gasteiger partial charge on any atom is 0.247 e. The third kappa shape index (κ3) is 5.07. The van der Waals surface area contributed by atoms with Gasteiger partial charge < -0.3 is 9.73 Å². The van der Waals surface area contributed by atoms with Crippen LogP contribution >= 0.6 is 0 Å². The van der Waals surface area contributed by atoms with Crippen molar-refractivity contribution in [1.29, 1.82) is 0 Å². The average Bonchev–Trinajstić information content (AvgIpc) is 3.16. The predicted molar refractivity (Wildman–Crippen MR) is 109 cm³/mol. The lowest BCUT2D eigenvalue weighted by atomic mass is 10.1. The van der Waals surface area contributed by atoms with Crippen LogP contribution in [0.4, 0.5) is 5.69 Å². The Labute approximate surface area is 169 Å². The van der Waals surface area contributed by atoms with Gasteiger partial charge in [0.25, 0.3) is 0 Å². The van der Waals surface area contributed by atoms with Crippen molar-refractivity contribution >= 4 is 21.6 Å². The molecule has 0 radical (unpaired) electrons. The lowest BCUT2D eigenvalue weighted by molar-refractivity contribution is -0.116. The molecular formula is C20H22N4O4S. The van der Waals surface area contributed by atoms with E-state index in [1.54, 1.807) is 12.1 Å². The minimum absolute atomic E-state index is 0.160. The van der Waals surface area contributed by atoms with Gasteiger partial charge in [-0.05, 0) is 43.3 Å². The molecule has 0 unspecified atom stereocenters. The average molecular weight is 414 g/mol. The van der Waals surface area contributed by atoms with Crippen LogP contribution in [0.25, 0.3) is 11.5 Å². The molecular weight excluding hydrogens is 392 g/mol. The number of aryl methyl sites for hydroxylation is 2. The fourth-order valence-electron chi connectivity index (χ4n) is 2.53. The van der Waals surface area contributed by atoms with Crippen LogP contribution in [0.3, 0.4) is 0 Å². The number of hydrogen-bond acceptors (Lipinski definition) is 6. The zero-order chi connectivity index (χ0) is 21.0. The number of carbonyl (C=O) groups excluding carboxylic acids is 1. The molecule has 9 heteroatoms. The van der Waals surface area contributed by atoms with Crippen LogP contribution in [0, 0.1) is 6.92 Å². The van der Waals surface area contributed by atoms with Gasteiger partial charge in [-0.15, -0.1) is 10.2 Å². The molecule has 0 bridgehead atoms. The summed E-state index contributed by atoms with van der Waals surface area (Å²) in [6.07, 6.45) is 0.463. The van der Waals surface area contributed by atoms with Gasteiger partial charge in [0, 0.05) is 38.2 Å². The zero-order valence-electron chi connectivity index (χ0n) is 16.4. The van der Waals surface area contributed by atoms with E-state index in [-0.39, 0.29) is 17.2 Å². The highest BCUT2D eigenvalue weighted by Crippen LogP contribution is 2.19. The summed E-state index contributed by atoms with van der Waals surface area (Å²) in [4.78, 5) is 12.3. The number of aromatic nitrogens is 2. The number of carbonyl (C=O) groups is 1. The summed E-state index contributed by atoms with van der Waals surface area (Å²) >= 11 is 0. The van der Waals surface area contributed by atoms with E-state index >= 15 is 0 Å². The highest BCUT2D eigenvalue weighted by atomic mass is 32.2. The number of benzene rings is 2. The number of rotatable bonds is 7. The molecule has 0 aliphatic rings. The fourth-order valence-corrected chi connectivity index (χ4v) is 3.43. The van der Waals surface area contributed by atoms with Crippen molar-refractivity contribution < 1.29 is 17.6 Å². The molecule has 8 nitrogen and oxygen atoms in total. The first-order chi connectivity index (χ1) is 13.8. The number of amides is 1. The second-order valence-electron chi connectivity index (χ2n) is 6.73. The van der Waals surface area contributed by atoms with E-state index in [0.717, 1.165) is 15.4 Å². The molecule has 3 rings (SSSR count).